The van der Waals surface area contributed by atoms with Crippen molar-refractivity contribution in [2.24, 2.45) is 4.99 Å². The molecule has 0 amide bonds. The van der Waals surface area contributed by atoms with Gasteiger partial charge in [-0.3, -0.25) is 4.99 Å². The maximum atomic E-state index is 12.6. The molecule has 0 bridgehead atoms. The number of aryl methyl sites for hydroxylation is 1. The lowest BCUT2D eigenvalue weighted by Gasteiger charge is -2.16. The maximum Gasteiger partial charge on any atom is 0.387 e. The molecule has 2 rings (SSSR count). The summed E-state index contributed by atoms with van der Waals surface area (Å²) >= 11 is 0. The molecule has 2 aromatic carbocycles. The second kappa shape index (κ2) is 11.1. The van der Waals surface area contributed by atoms with Gasteiger partial charge in [0, 0.05) is 25.7 Å². The van der Waals surface area contributed by atoms with Gasteiger partial charge in [-0.2, -0.15) is 8.78 Å². The van der Waals surface area contributed by atoms with E-state index >= 15 is 0 Å². The monoisotopic (exact) mass is 407 g/mol. The van der Waals surface area contributed by atoms with Crippen molar-refractivity contribution in [1.29, 1.82) is 0 Å². The molecule has 0 saturated heterocycles. The van der Waals surface area contributed by atoms with Crippen LogP contribution in [-0.4, -0.2) is 40.4 Å². The highest BCUT2D eigenvalue weighted by Crippen LogP contribution is 2.24. The van der Waals surface area contributed by atoms with Crippen LogP contribution in [0.1, 0.15) is 16.7 Å². The molecule has 2 aromatic rings. The molecule has 29 heavy (non-hydrogen) atoms. The third kappa shape index (κ3) is 6.81. The number of nitrogens with one attached hydrogen (secondary N) is 2. The molecule has 0 heterocycles. The Morgan fingerprint density at radius 1 is 1.00 bits per heavy atom. The van der Waals surface area contributed by atoms with E-state index in [0.717, 1.165) is 22.6 Å². The summed E-state index contributed by atoms with van der Waals surface area (Å²) in [7, 11) is 4.89. The molecule has 158 valence electrons. The molecule has 2 N–H and O–H groups in total. The van der Waals surface area contributed by atoms with Gasteiger partial charge >= 0.3 is 6.61 Å². The van der Waals surface area contributed by atoms with Crippen LogP contribution in [0.25, 0.3) is 0 Å². The number of halogens is 2. The van der Waals surface area contributed by atoms with Gasteiger partial charge in [0.15, 0.2) is 5.96 Å². The molecule has 0 unspecified atom stereocenters. The second-order valence-corrected chi connectivity index (χ2v) is 6.27. The zero-order valence-corrected chi connectivity index (χ0v) is 17.1. The molecule has 0 aliphatic rings. The van der Waals surface area contributed by atoms with Crippen LogP contribution < -0.4 is 24.8 Å². The third-order valence-electron chi connectivity index (χ3n) is 4.28. The Morgan fingerprint density at radius 2 is 1.76 bits per heavy atom. The number of hydrogen-bond donors (Lipinski definition) is 2. The maximum absolute atomic E-state index is 12.6. The lowest BCUT2D eigenvalue weighted by molar-refractivity contribution is -0.0504. The highest BCUT2D eigenvalue weighted by atomic mass is 19.3. The first-order valence-electron chi connectivity index (χ1n) is 9.16. The lowest BCUT2D eigenvalue weighted by atomic mass is 10.1. The minimum absolute atomic E-state index is 0.148. The Kier molecular flexibility index (Phi) is 8.51. The summed E-state index contributed by atoms with van der Waals surface area (Å²) in [5, 5.41) is 6.33. The first-order valence-corrected chi connectivity index (χ1v) is 9.16. The van der Waals surface area contributed by atoms with E-state index in [4.69, 9.17) is 9.47 Å². The van der Waals surface area contributed by atoms with Crippen LogP contribution in [0.5, 0.6) is 17.2 Å². The number of hydrogen-bond acceptors (Lipinski definition) is 4. The predicted octanol–water partition coefficient (Wildman–Crippen LogP) is 3.52. The zero-order chi connectivity index (χ0) is 21.2. The van der Waals surface area contributed by atoms with Gasteiger partial charge < -0.3 is 24.8 Å². The molecule has 0 saturated carbocycles. The molecule has 8 heteroatoms. The second-order valence-electron chi connectivity index (χ2n) is 6.27. The van der Waals surface area contributed by atoms with Crippen molar-refractivity contribution in [3.8, 4) is 17.2 Å². The van der Waals surface area contributed by atoms with Crippen LogP contribution in [0.2, 0.25) is 0 Å². The SMILES string of the molecule is CN=C(NCCc1cc(OC)ccc1OC)NCc1cc(C)ccc1OC(F)F. The molecule has 0 spiro atoms. The van der Waals surface area contributed by atoms with Gasteiger partial charge in [0.25, 0.3) is 0 Å². The summed E-state index contributed by atoms with van der Waals surface area (Å²) < 4.78 is 40.5. The van der Waals surface area contributed by atoms with E-state index in [-0.39, 0.29) is 5.75 Å². The Bertz CT molecular complexity index is 829. The normalized spacial score (nSPS) is 11.3. The summed E-state index contributed by atoms with van der Waals surface area (Å²) in [6, 6.07) is 10.7. The zero-order valence-electron chi connectivity index (χ0n) is 17.1. The molecule has 0 aliphatic carbocycles. The number of ether oxygens (including phenoxy) is 3. The first-order chi connectivity index (χ1) is 14.0. The average Bonchev–Trinajstić information content (AvgIpc) is 2.71. The molecular formula is C21H27F2N3O3. The fourth-order valence-electron chi connectivity index (χ4n) is 2.85. The van der Waals surface area contributed by atoms with Crippen LogP contribution in [-0.2, 0) is 13.0 Å². The van der Waals surface area contributed by atoms with Crippen molar-refractivity contribution >= 4 is 5.96 Å². The van der Waals surface area contributed by atoms with Gasteiger partial charge in [-0.05, 0) is 43.2 Å². The highest BCUT2D eigenvalue weighted by Gasteiger charge is 2.11. The summed E-state index contributed by atoms with van der Waals surface area (Å²) in [4.78, 5) is 4.17. The van der Waals surface area contributed by atoms with E-state index in [9.17, 15) is 8.78 Å². The van der Waals surface area contributed by atoms with Crippen molar-refractivity contribution in [1.82, 2.24) is 10.6 Å². The van der Waals surface area contributed by atoms with E-state index in [1.54, 1.807) is 39.5 Å². The molecule has 0 aliphatic heterocycles. The fraction of sp³-hybridized carbons (Fsp3) is 0.381. The number of nitrogens with zero attached hydrogens (tertiary/aromatic N) is 1. The molecule has 0 radical (unpaired) electrons. The smallest absolute Gasteiger partial charge is 0.387 e. The van der Waals surface area contributed by atoms with Gasteiger partial charge in [0.05, 0.1) is 14.2 Å². The lowest BCUT2D eigenvalue weighted by Crippen LogP contribution is -2.38. The number of methoxy groups -OCH3 is 2. The largest absolute Gasteiger partial charge is 0.497 e. The summed E-state index contributed by atoms with van der Waals surface area (Å²) in [5.41, 5.74) is 2.58. The van der Waals surface area contributed by atoms with E-state index in [0.29, 0.717) is 31.0 Å². The number of guanidine groups is 1. The van der Waals surface area contributed by atoms with Crippen LogP contribution in [0.15, 0.2) is 41.4 Å². The standard InChI is InChI=1S/C21H27F2N3O3/c1-14-5-7-19(29-20(22)23)16(11-14)13-26-21(24-2)25-10-9-15-12-17(27-3)6-8-18(15)28-4/h5-8,11-12,20H,9-10,13H2,1-4H3,(H2,24,25,26). The van der Waals surface area contributed by atoms with Gasteiger partial charge in [-0.15, -0.1) is 0 Å². The Labute approximate surface area is 169 Å². The summed E-state index contributed by atoms with van der Waals surface area (Å²) in [5.74, 6) is 2.24. The van der Waals surface area contributed by atoms with Crippen molar-refractivity contribution in [2.45, 2.75) is 26.5 Å². The van der Waals surface area contributed by atoms with Gasteiger partial charge in [0.1, 0.15) is 17.2 Å². The first kappa shape index (κ1) is 22.3. The van der Waals surface area contributed by atoms with Crippen molar-refractivity contribution < 1.29 is 23.0 Å². The molecular weight excluding hydrogens is 380 g/mol. The number of benzene rings is 2. The van der Waals surface area contributed by atoms with Crippen molar-refractivity contribution in [2.75, 3.05) is 27.8 Å². The van der Waals surface area contributed by atoms with E-state index in [2.05, 4.69) is 20.4 Å². The number of rotatable bonds is 9. The molecule has 6 nitrogen and oxygen atoms in total. The average molecular weight is 407 g/mol. The number of aliphatic imine (C=N–C) groups is 1. The predicted molar refractivity (Wildman–Crippen MR) is 109 cm³/mol. The molecule has 0 atom stereocenters. The number of alkyl halides is 2. The van der Waals surface area contributed by atoms with E-state index in [1.165, 1.54) is 0 Å². The van der Waals surface area contributed by atoms with Gasteiger partial charge in [-0.1, -0.05) is 17.7 Å². The topological polar surface area (TPSA) is 64.1 Å². The third-order valence-corrected chi connectivity index (χ3v) is 4.28. The van der Waals surface area contributed by atoms with Crippen LogP contribution in [0.4, 0.5) is 8.78 Å². The minimum Gasteiger partial charge on any atom is -0.497 e. The molecule has 0 aromatic heterocycles. The van der Waals surface area contributed by atoms with E-state index in [1.807, 2.05) is 25.1 Å². The van der Waals surface area contributed by atoms with Crippen LogP contribution in [0, 0.1) is 6.92 Å². The van der Waals surface area contributed by atoms with Crippen molar-refractivity contribution in [3.63, 3.8) is 0 Å². The highest BCUT2D eigenvalue weighted by molar-refractivity contribution is 5.79. The molecule has 0 fully saturated rings. The van der Waals surface area contributed by atoms with Crippen LogP contribution in [0.3, 0.4) is 0 Å². The summed E-state index contributed by atoms with van der Waals surface area (Å²) in [6.07, 6.45) is 0.686. The minimum atomic E-state index is -2.87. The Morgan fingerprint density at radius 3 is 2.41 bits per heavy atom. The van der Waals surface area contributed by atoms with Crippen molar-refractivity contribution in [3.05, 3.63) is 53.1 Å². The Balaban J connectivity index is 1.95. The quantitative estimate of drug-likeness (QED) is 0.492. The summed E-state index contributed by atoms with van der Waals surface area (Å²) in [6.45, 7) is -0.0835. The van der Waals surface area contributed by atoms with Gasteiger partial charge in [-0.25, -0.2) is 0 Å². The van der Waals surface area contributed by atoms with Gasteiger partial charge in [0.2, 0.25) is 0 Å². The fourth-order valence-corrected chi connectivity index (χ4v) is 2.85. The Hall–Kier alpha value is -3.03. The van der Waals surface area contributed by atoms with Crippen LogP contribution >= 0.6 is 0 Å². The van der Waals surface area contributed by atoms with E-state index < -0.39 is 6.61 Å².